The van der Waals surface area contributed by atoms with Crippen LogP contribution in [0.3, 0.4) is 0 Å². The molecule has 110 valence electrons. The van der Waals surface area contributed by atoms with Gasteiger partial charge in [-0.05, 0) is 44.7 Å². The molecule has 0 aliphatic carbocycles. The second-order valence-electron chi connectivity index (χ2n) is 5.18. The molecule has 0 radical (unpaired) electrons. The lowest BCUT2D eigenvalue weighted by Gasteiger charge is -2.32. The number of carbonyl (C=O) groups excluding carboxylic acids is 1. The quantitative estimate of drug-likeness (QED) is 0.808. The van der Waals surface area contributed by atoms with E-state index in [0.717, 1.165) is 31.4 Å². The first-order valence-corrected chi connectivity index (χ1v) is 7.16. The number of amides is 1. The lowest BCUT2D eigenvalue weighted by Crippen LogP contribution is -2.48. The topological polar surface area (TPSA) is 60.5 Å². The van der Waals surface area contributed by atoms with E-state index < -0.39 is 5.60 Å². The van der Waals surface area contributed by atoms with Crippen LogP contribution >= 0.6 is 0 Å². The second kappa shape index (κ2) is 7.24. The summed E-state index contributed by atoms with van der Waals surface area (Å²) in [6.45, 7) is 3.70. The molecule has 2 rings (SSSR count). The summed E-state index contributed by atoms with van der Waals surface area (Å²) in [6.07, 6.45) is 7.03. The molecule has 2 heterocycles. The van der Waals surface area contributed by atoms with Gasteiger partial charge in [-0.15, -0.1) is 0 Å². The third kappa shape index (κ3) is 4.20. The number of aromatic nitrogens is 1. The lowest BCUT2D eigenvalue weighted by molar-refractivity contribution is -0.150. The van der Waals surface area contributed by atoms with Gasteiger partial charge in [-0.3, -0.25) is 9.78 Å². The van der Waals surface area contributed by atoms with Crippen molar-refractivity contribution in [3.8, 4) is 5.75 Å². The Bertz CT molecular complexity index is 416. The van der Waals surface area contributed by atoms with Gasteiger partial charge in [0.05, 0.1) is 12.8 Å². The molecule has 5 nitrogen and oxygen atoms in total. The van der Waals surface area contributed by atoms with E-state index in [1.54, 1.807) is 12.4 Å². The maximum absolute atomic E-state index is 12.1. The van der Waals surface area contributed by atoms with Gasteiger partial charge in [0.1, 0.15) is 11.4 Å². The standard InChI is InChI=1S/C15H22N2O3/c1-15(7-2-3-11-20-15)14(18)17-9-5-10-19-13-6-4-8-16-12-13/h4,6,8,12H,2-3,5,7,9-11H2,1H3,(H,17,18)/t15-/m0/s1. The van der Waals surface area contributed by atoms with Crippen molar-refractivity contribution >= 4 is 5.91 Å². The number of rotatable bonds is 6. The number of hydrogen-bond acceptors (Lipinski definition) is 4. The highest BCUT2D eigenvalue weighted by Crippen LogP contribution is 2.24. The number of hydrogen-bond donors (Lipinski definition) is 1. The van der Waals surface area contributed by atoms with Crippen molar-refractivity contribution in [2.75, 3.05) is 19.8 Å². The summed E-state index contributed by atoms with van der Waals surface area (Å²) in [5.74, 6) is 0.736. The highest BCUT2D eigenvalue weighted by atomic mass is 16.5. The number of nitrogens with zero attached hydrogens (tertiary/aromatic N) is 1. The van der Waals surface area contributed by atoms with Crippen LogP contribution in [0.1, 0.15) is 32.6 Å². The summed E-state index contributed by atoms with van der Waals surface area (Å²) < 4.78 is 11.1. The molecule has 1 aliphatic heterocycles. The van der Waals surface area contributed by atoms with Crippen molar-refractivity contribution in [1.29, 1.82) is 0 Å². The van der Waals surface area contributed by atoms with Crippen LogP contribution in [-0.2, 0) is 9.53 Å². The van der Waals surface area contributed by atoms with Crippen molar-refractivity contribution in [1.82, 2.24) is 10.3 Å². The average Bonchev–Trinajstić information content (AvgIpc) is 2.48. The van der Waals surface area contributed by atoms with E-state index in [4.69, 9.17) is 9.47 Å². The fraction of sp³-hybridized carbons (Fsp3) is 0.600. The van der Waals surface area contributed by atoms with Crippen molar-refractivity contribution in [3.63, 3.8) is 0 Å². The molecule has 0 spiro atoms. The third-order valence-corrected chi connectivity index (χ3v) is 3.46. The Kier molecular flexibility index (Phi) is 5.35. The summed E-state index contributed by atoms with van der Waals surface area (Å²) >= 11 is 0. The van der Waals surface area contributed by atoms with Crippen LogP contribution < -0.4 is 10.1 Å². The van der Waals surface area contributed by atoms with Gasteiger partial charge in [-0.2, -0.15) is 0 Å². The average molecular weight is 278 g/mol. The Morgan fingerprint density at radius 2 is 2.45 bits per heavy atom. The Balaban J connectivity index is 1.62. The first-order valence-electron chi connectivity index (χ1n) is 7.16. The zero-order chi connectivity index (χ0) is 14.3. The van der Waals surface area contributed by atoms with Crippen molar-refractivity contribution in [3.05, 3.63) is 24.5 Å². The van der Waals surface area contributed by atoms with E-state index in [9.17, 15) is 4.79 Å². The zero-order valence-electron chi connectivity index (χ0n) is 11.9. The third-order valence-electron chi connectivity index (χ3n) is 3.46. The number of pyridine rings is 1. The summed E-state index contributed by atoms with van der Waals surface area (Å²) in [5, 5.41) is 2.92. The van der Waals surface area contributed by atoms with E-state index in [1.165, 1.54) is 0 Å². The van der Waals surface area contributed by atoms with Crippen molar-refractivity contribution < 1.29 is 14.3 Å². The van der Waals surface area contributed by atoms with Crippen molar-refractivity contribution in [2.45, 2.75) is 38.2 Å². The molecule has 1 saturated heterocycles. The van der Waals surface area contributed by atoms with Gasteiger partial charge in [-0.25, -0.2) is 0 Å². The minimum atomic E-state index is -0.650. The van der Waals surface area contributed by atoms with Gasteiger partial charge in [0, 0.05) is 19.3 Å². The van der Waals surface area contributed by atoms with Crippen LogP contribution in [0.25, 0.3) is 0 Å². The minimum Gasteiger partial charge on any atom is -0.492 e. The van der Waals surface area contributed by atoms with E-state index in [-0.39, 0.29) is 5.91 Å². The van der Waals surface area contributed by atoms with Gasteiger partial charge in [0.25, 0.3) is 5.91 Å². The molecule has 0 aromatic carbocycles. The highest BCUT2D eigenvalue weighted by molar-refractivity contribution is 5.84. The molecule has 0 bridgehead atoms. The van der Waals surface area contributed by atoms with Crippen LogP contribution in [0.2, 0.25) is 0 Å². The summed E-state index contributed by atoms with van der Waals surface area (Å²) in [6, 6.07) is 3.70. The maximum Gasteiger partial charge on any atom is 0.251 e. The van der Waals surface area contributed by atoms with Gasteiger partial charge in [-0.1, -0.05) is 0 Å². The van der Waals surface area contributed by atoms with Crippen LogP contribution in [0, 0.1) is 0 Å². The van der Waals surface area contributed by atoms with Crippen LogP contribution in [0.4, 0.5) is 0 Å². The van der Waals surface area contributed by atoms with E-state index >= 15 is 0 Å². The Morgan fingerprint density at radius 3 is 3.15 bits per heavy atom. The van der Waals surface area contributed by atoms with Gasteiger partial charge in [0.2, 0.25) is 0 Å². The Hall–Kier alpha value is -1.62. The fourth-order valence-electron chi connectivity index (χ4n) is 2.20. The van der Waals surface area contributed by atoms with E-state index in [0.29, 0.717) is 19.8 Å². The maximum atomic E-state index is 12.1. The SMILES string of the molecule is C[C@@]1(C(=O)NCCCOc2cccnc2)CCCCO1. The summed E-state index contributed by atoms with van der Waals surface area (Å²) in [4.78, 5) is 16.0. The largest absolute Gasteiger partial charge is 0.492 e. The van der Waals surface area contributed by atoms with Gasteiger partial charge < -0.3 is 14.8 Å². The van der Waals surface area contributed by atoms with Crippen LogP contribution in [0.5, 0.6) is 5.75 Å². The first kappa shape index (κ1) is 14.8. The molecule has 1 fully saturated rings. The molecule has 1 amide bonds. The molecular weight excluding hydrogens is 256 g/mol. The highest BCUT2D eigenvalue weighted by Gasteiger charge is 2.35. The molecule has 0 unspecified atom stereocenters. The molecule has 1 atom stereocenters. The lowest BCUT2D eigenvalue weighted by atomic mass is 9.95. The van der Waals surface area contributed by atoms with Crippen molar-refractivity contribution in [2.24, 2.45) is 0 Å². The summed E-state index contributed by atoms with van der Waals surface area (Å²) in [7, 11) is 0. The molecule has 1 aromatic rings. The number of nitrogens with one attached hydrogen (secondary N) is 1. The van der Waals surface area contributed by atoms with Crippen LogP contribution in [-0.4, -0.2) is 36.3 Å². The smallest absolute Gasteiger partial charge is 0.251 e. The predicted octanol–water partition coefficient (Wildman–Crippen LogP) is 1.93. The zero-order valence-corrected chi connectivity index (χ0v) is 11.9. The number of ether oxygens (including phenoxy) is 2. The molecule has 1 aromatic heterocycles. The molecule has 0 saturated carbocycles. The second-order valence-corrected chi connectivity index (χ2v) is 5.18. The molecule has 20 heavy (non-hydrogen) atoms. The molecule has 1 aliphatic rings. The number of carbonyl (C=O) groups is 1. The van der Waals surface area contributed by atoms with Crippen LogP contribution in [0.15, 0.2) is 24.5 Å². The normalized spacial score (nSPS) is 22.2. The fourth-order valence-corrected chi connectivity index (χ4v) is 2.20. The predicted molar refractivity (Wildman–Crippen MR) is 75.6 cm³/mol. The monoisotopic (exact) mass is 278 g/mol. The Labute approximate surface area is 119 Å². The molecule has 1 N–H and O–H groups in total. The summed E-state index contributed by atoms with van der Waals surface area (Å²) in [5.41, 5.74) is -0.650. The van der Waals surface area contributed by atoms with E-state index in [2.05, 4.69) is 10.3 Å². The van der Waals surface area contributed by atoms with Gasteiger partial charge in [0.15, 0.2) is 0 Å². The molecular formula is C15H22N2O3. The molecule has 5 heteroatoms. The Morgan fingerprint density at radius 1 is 1.55 bits per heavy atom. The minimum absolute atomic E-state index is 0.0152. The first-order chi connectivity index (χ1) is 9.71. The van der Waals surface area contributed by atoms with E-state index in [1.807, 2.05) is 19.1 Å². The van der Waals surface area contributed by atoms with Gasteiger partial charge >= 0.3 is 0 Å².